The third kappa shape index (κ3) is 4.10. The molecular weight excluding hydrogens is 342 g/mol. The summed E-state index contributed by atoms with van der Waals surface area (Å²) in [5, 5.41) is 4.31. The largest absolute Gasteiger partial charge is 0.449 e. The van der Waals surface area contributed by atoms with Gasteiger partial charge in [0.25, 0.3) is 5.91 Å². The molecule has 0 radical (unpaired) electrons. The highest BCUT2D eigenvalue weighted by Crippen LogP contribution is 2.19. The predicted molar refractivity (Wildman–Crippen MR) is 103 cm³/mol. The fraction of sp³-hybridized carbons (Fsp3) is 0.381. The summed E-state index contributed by atoms with van der Waals surface area (Å²) < 4.78 is 7.08. The number of esters is 1. The molecule has 0 saturated heterocycles. The van der Waals surface area contributed by atoms with Crippen molar-refractivity contribution in [2.24, 2.45) is 7.05 Å². The van der Waals surface area contributed by atoms with Gasteiger partial charge in [-0.3, -0.25) is 9.48 Å². The maximum absolute atomic E-state index is 12.6. The van der Waals surface area contributed by atoms with Crippen molar-refractivity contribution in [2.45, 2.75) is 39.8 Å². The second kappa shape index (κ2) is 7.78. The molecule has 0 unspecified atom stereocenters. The standard InChI is InChI=1S/C21H25N3O3/c1-14-19(15(2)23(4)22-14)9-10-20(25)27-16(3)21(26)24-12-11-17-7-5-6-8-18(17)13-24/h5-10,16H,11-13H2,1-4H3/b10-9+/t16-/m1/s1. The molecule has 1 aromatic heterocycles. The van der Waals surface area contributed by atoms with Crippen LogP contribution in [-0.4, -0.2) is 39.2 Å². The highest BCUT2D eigenvalue weighted by atomic mass is 16.5. The van der Waals surface area contributed by atoms with Crippen molar-refractivity contribution in [3.63, 3.8) is 0 Å². The van der Waals surface area contributed by atoms with Crippen molar-refractivity contribution in [2.75, 3.05) is 6.54 Å². The quantitative estimate of drug-likeness (QED) is 0.615. The van der Waals surface area contributed by atoms with Crippen LogP contribution in [-0.2, 0) is 34.3 Å². The van der Waals surface area contributed by atoms with Crippen LogP contribution in [0.3, 0.4) is 0 Å². The summed E-state index contributed by atoms with van der Waals surface area (Å²) in [6.07, 6.45) is 3.05. The highest BCUT2D eigenvalue weighted by molar-refractivity contribution is 5.90. The smallest absolute Gasteiger partial charge is 0.331 e. The molecule has 0 bridgehead atoms. The summed E-state index contributed by atoms with van der Waals surface area (Å²) in [4.78, 5) is 26.5. The molecule has 142 valence electrons. The lowest BCUT2D eigenvalue weighted by molar-refractivity contribution is -0.155. The Labute approximate surface area is 159 Å². The molecular formula is C21H25N3O3. The summed E-state index contributed by atoms with van der Waals surface area (Å²) in [7, 11) is 1.86. The van der Waals surface area contributed by atoms with Crippen molar-refractivity contribution in [1.82, 2.24) is 14.7 Å². The number of amides is 1. The van der Waals surface area contributed by atoms with Crippen molar-refractivity contribution < 1.29 is 14.3 Å². The zero-order chi connectivity index (χ0) is 19.6. The monoisotopic (exact) mass is 367 g/mol. The SMILES string of the molecule is Cc1nn(C)c(C)c1/C=C/C(=O)O[C@H](C)C(=O)N1CCc2ccccc2C1. The Morgan fingerprint density at radius 1 is 1.22 bits per heavy atom. The molecule has 0 N–H and O–H groups in total. The van der Waals surface area contributed by atoms with E-state index in [0.717, 1.165) is 28.9 Å². The Kier molecular flexibility index (Phi) is 5.44. The van der Waals surface area contributed by atoms with Crippen LogP contribution in [0.1, 0.15) is 35.0 Å². The van der Waals surface area contributed by atoms with Crippen LogP contribution >= 0.6 is 0 Å². The van der Waals surface area contributed by atoms with Gasteiger partial charge in [-0.2, -0.15) is 5.10 Å². The highest BCUT2D eigenvalue weighted by Gasteiger charge is 2.26. The Hall–Kier alpha value is -2.89. The van der Waals surface area contributed by atoms with Gasteiger partial charge in [0.2, 0.25) is 0 Å². The number of hydrogen-bond acceptors (Lipinski definition) is 4. The number of ether oxygens (including phenoxy) is 1. The lowest BCUT2D eigenvalue weighted by Crippen LogP contribution is -2.42. The number of carbonyl (C=O) groups excluding carboxylic acids is 2. The summed E-state index contributed by atoms with van der Waals surface area (Å²) in [5.41, 5.74) is 5.12. The van der Waals surface area contributed by atoms with Crippen molar-refractivity contribution in [1.29, 1.82) is 0 Å². The molecule has 1 aromatic carbocycles. The molecule has 1 aliphatic rings. The first-order chi connectivity index (χ1) is 12.9. The fourth-order valence-electron chi connectivity index (χ4n) is 3.39. The van der Waals surface area contributed by atoms with Gasteiger partial charge in [-0.1, -0.05) is 24.3 Å². The zero-order valence-electron chi connectivity index (χ0n) is 16.2. The van der Waals surface area contributed by atoms with E-state index in [1.165, 1.54) is 11.6 Å². The minimum absolute atomic E-state index is 0.167. The molecule has 1 aliphatic heterocycles. The average Bonchev–Trinajstić information content (AvgIpc) is 2.90. The number of hydrogen-bond donors (Lipinski definition) is 0. The lowest BCUT2D eigenvalue weighted by atomic mass is 9.99. The molecule has 0 aliphatic carbocycles. The van der Waals surface area contributed by atoms with Crippen molar-refractivity contribution in [3.8, 4) is 0 Å². The van der Waals surface area contributed by atoms with E-state index < -0.39 is 12.1 Å². The Morgan fingerprint density at radius 3 is 2.59 bits per heavy atom. The molecule has 2 aromatic rings. The van der Waals surface area contributed by atoms with Crippen LogP contribution in [0.25, 0.3) is 6.08 Å². The van der Waals surface area contributed by atoms with Gasteiger partial charge in [0.1, 0.15) is 0 Å². The summed E-state index contributed by atoms with van der Waals surface area (Å²) >= 11 is 0. The minimum Gasteiger partial charge on any atom is -0.449 e. The van der Waals surface area contributed by atoms with Crippen LogP contribution in [0.4, 0.5) is 0 Å². The maximum atomic E-state index is 12.6. The van der Waals surface area contributed by atoms with Crippen LogP contribution < -0.4 is 0 Å². The van der Waals surface area contributed by atoms with E-state index in [-0.39, 0.29) is 5.91 Å². The lowest BCUT2D eigenvalue weighted by Gasteiger charge is -2.30. The molecule has 3 rings (SSSR count). The number of rotatable bonds is 4. The first-order valence-electron chi connectivity index (χ1n) is 9.11. The topological polar surface area (TPSA) is 64.4 Å². The van der Waals surface area contributed by atoms with E-state index >= 15 is 0 Å². The Balaban J connectivity index is 1.60. The molecule has 0 saturated carbocycles. The van der Waals surface area contributed by atoms with Gasteiger partial charge < -0.3 is 9.64 Å². The zero-order valence-corrected chi connectivity index (χ0v) is 16.2. The third-order valence-corrected chi connectivity index (χ3v) is 5.03. The second-order valence-electron chi connectivity index (χ2n) is 6.90. The van der Waals surface area contributed by atoms with Gasteiger partial charge in [-0.25, -0.2) is 4.79 Å². The molecule has 1 amide bonds. The van der Waals surface area contributed by atoms with Gasteiger partial charge in [0.15, 0.2) is 6.10 Å². The second-order valence-corrected chi connectivity index (χ2v) is 6.90. The van der Waals surface area contributed by atoms with E-state index in [4.69, 9.17) is 4.74 Å². The Morgan fingerprint density at radius 2 is 1.93 bits per heavy atom. The van der Waals surface area contributed by atoms with Gasteiger partial charge in [-0.15, -0.1) is 0 Å². The first-order valence-corrected chi connectivity index (χ1v) is 9.11. The normalized spacial score (nSPS) is 14.9. The van der Waals surface area contributed by atoms with E-state index in [9.17, 15) is 9.59 Å². The molecule has 2 heterocycles. The fourth-order valence-corrected chi connectivity index (χ4v) is 3.39. The molecule has 6 nitrogen and oxygen atoms in total. The van der Waals surface area contributed by atoms with E-state index in [1.807, 2.05) is 39.1 Å². The minimum atomic E-state index is -0.816. The number of carbonyl (C=O) groups is 2. The number of aryl methyl sites for hydroxylation is 2. The van der Waals surface area contributed by atoms with Gasteiger partial charge in [0.05, 0.1) is 5.69 Å². The molecule has 0 spiro atoms. The number of nitrogens with zero attached hydrogens (tertiary/aromatic N) is 3. The summed E-state index contributed by atoms with van der Waals surface area (Å²) in [5.74, 6) is -0.698. The Bertz CT molecular complexity index is 898. The van der Waals surface area contributed by atoms with E-state index in [1.54, 1.807) is 22.6 Å². The number of aromatic nitrogens is 2. The van der Waals surface area contributed by atoms with Crippen LogP contribution in [0, 0.1) is 13.8 Å². The summed E-state index contributed by atoms with van der Waals surface area (Å²) in [6, 6.07) is 8.11. The van der Waals surface area contributed by atoms with Gasteiger partial charge in [0, 0.05) is 37.5 Å². The molecule has 6 heteroatoms. The number of benzene rings is 1. The summed E-state index contributed by atoms with van der Waals surface area (Å²) in [6.45, 7) is 6.64. The third-order valence-electron chi connectivity index (χ3n) is 5.03. The molecule has 0 fully saturated rings. The van der Waals surface area contributed by atoms with Crippen molar-refractivity contribution in [3.05, 3.63) is 58.4 Å². The van der Waals surface area contributed by atoms with Crippen molar-refractivity contribution >= 4 is 18.0 Å². The first kappa shape index (κ1) is 18.9. The van der Waals surface area contributed by atoms with Gasteiger partial charge >= 0.3 is 5.97 Å². The van der Waals surface area contributed by atoms with Crippen LogP contribution in [0.15, 0.2) is 30.3 Å². The van der Waals surface area contributed by atoms with Gasteiger partial charge in [-0.05, 0) is 44.4 Å². The van der Waals surface area contributed by atoms with E-state index in [2.05, 4.69) is 11.2 Å². The molecule has 27 heavy (non-hydrogen) atoms. The average molecular weight is 367 g/mol. The predicted octanol–water partition coefficient (Wildman–Crippen LogP) is 2.57. The number of fused-ring (bicyclic) bond motifs is 1. The maximum Gasteiger partial charge on any atom is 0.331 e. The van der Waals surface area contributed by atoms with Crippen LogP contribution in [0.5, 0.6) is 0 Å². The molecule has 1 atom stereocenters. The van der Waals surface area contributed by atoms with E-state index in [0.29, 0.717) is 13.1 Å². The van der Waals surface area contributed by atoms with Crippen LogP contribution in [0.2, 0.25) is 0 Å².